The number of H-pyrrole nitrogens is 1. The molecule has 0 saturated carbocycles. The van der Waals surface area contributed by atoms with Crippen molar-refractivity contribution in [2.45, 2.75) is 19.8 Å². The predicted molar refractivity (Wildman–Crippen MR) is 48.1 cm³/mol. The summed E-state index contributed by atoms with van der Waals surface area (Å²) in [5.41, 5.74) is -1.09. The Morgan fingerprint density at radius 1 is 1.60 bits per heavy atom. The number of aliphatic carboxylic acids is 1. The lowest BCUT2D eigenvalue weighted by atomic mass is 10.1. The molecular weight excluding hydrogens is 208 g/mol. The monoisotopic (exact) mass is 217 g/mol. The van der Waals surface area contributed by atoms with Crippen LogP contribution in [0.2, 0.25) is 0 Å². The molecule has 0 aromatic carbocycles. The molecule has 1 heterocycles. The van der Waals surface area contributed by atoms with Gasteiger partial charge in [-0.2, -0.15) is 0 Å². The molecule has 0 aliphatic heterocycles. The molecule has 1 aromatic rings. The molecule has 0 bridgehead atoms. The van der Waals surface area contributed by atoms with Crippen molar-refractivity contribution in [2.24, 2.45) is 0 Å². The van der Waals surface area contributed by atoms with E-state index in [2.05, 4.69) is 4.98 Å². The predicted octanol–water partition coefficient (Wildman–Crippen LogP) is 1.25. The molecule has 0 amide bonds. The molecule has 0 atom stereocenters. The molecule has 2 N–H and O–H groups in total. The first-order chi connectivity index (χ1) is 6.91. The van der Waals surface area contributed by atoms with Gasteiger partial charge in [-0.3, -0.25) is 9.59 Å². The third-order valence-corrected chi connectivity index (χ3v) is 1.95. The van der Waals surface area contributed by atoms with Crippen molar-refractivity contribution in [1.82, 2.24) is 4.98 Å². The zero-order valence-corrected chi connectivity index (χ0v) is 7.88. The summed E-state index contributed by atoms with van der Waals surface area (Å²) in [7, 11) is 0. The maximum absolute atomic E-state index is 12.3. The summed E-state index contributed by atoms with van der Waals surface area (Å²) in [6.45, 7) is 1.47. The van der Waals surface area contributed by atoms with E-state index in [1.165, 1.54) is 6.92 Å². The summed E-state index contributed by atoms with van der Waals surface area (Å²) in [6, 6.07) is 0.937. The molecule has 0 saturated heterocycles. The lowest BCUT2D eigenvalue weighted by Crippen LogP contribution is -2.17. The summed E-state index contributed by atoms with van der Waals surface area (Å²) in [6.07, 6.45) is -3.29. The minimum absolute atomic E-state index is 0.192. The third-order valence-electron chi connectivity index (χ3n) is 1.95. The van der Waals surface area contributed by atoms with E-state index in [1.807, 2.05) is 0 Å². The summed E-state index contributed by atoms with van der Waals surface area (Å²) < 4.78 is 24.6. The number of hydrogen-bond acceptors (Lipinski definition) is 2. The van der Waals surface area contributed by atoms with Gasteiger partial charge in [0.1, 0.15) is 0 Å². The first-order valence-electron chi connectivity index (χ1n) is 4.14. The van der Waals surface area contributed by atoms with E-state index in [0.29, 0.717) is 5.69 Å². The molecule has 15 heavy (non-hydrogen) atoms. The van der Waals surface area contributed by atoms with Gasteiger partial charge in [-0.1, -0.05) is 0 Å². The highest BCUT2D eigenvalue weighted by atomic mass is 19.3. The molecule has 0 aliphatic carbocycles. The summed E-state index contributed by atoms with van der Waals surface area (Å²) >= 11 is 0. The SMILES string of the molecule is Cc1[nH]c(=O)c(C(F)F)cc1CC(=O)O. The van der Waals surface area contributed by atoms with E-state index in [4.69, 9.17) is 5.11 Å². The van der Waals surface area contributed by atoms with Crippen LogP contribution in [0.4, 0.5) is 8.78 Å². The van der Waals surface area contributed by atoms with Crippen LogP contribution in [0.3, 0.4) is 0 Å². The fourth-order valence-electron chi connectivity index (χ4n) is 1.19. The molecule has 82 valence electrons. The third kappa shape index (κ3) is 2.61. The van der Waals surface area contributed by atoms with Gasteiger partial charge in [-0.25, -0.2) is 8.78 Å². The first kappa shape index (κ1) is 11.4. The average Bonchev–Trinajstić information content (AvgIpc) is 2.08. The Hall–Kier alpha value is -1.72. The quantitative estimate of drug-likeness (QED) is 0.800. The number of aromatic nitrogens is 1. The van der Waals surface area contributed by atoms with Crippen molar-refractivity contribution in [3.05, 3.63) is 33.2 Å². The van der Waals surface area contributed by atoms with Gasteiger partial charge in [-0.15, -0.1) is 0 Å². The number of halogens is 2. The number of aromatic amines is 1. The van der Waals surface area contributed by atoms with E-state index in [0.717, 1.165) is 6.07 Å². The number of carboxylic acids is 1. The molecule has 6 heteroatoms. The molecule has 4 nitrogen and oxygen atoms in total. The Morgan fingerprint density at radius 3 is 2.67 bits per heavy atom. The van der Waals surface area contributed by atoms with Crippen molar-refractivity contribution in [3.8, 4) is 0 Å². The highest BCUT2D eigenvalue weighted by Crippen LogP contribution is 2.16. The second-order valence-corrected chi connectivity index (χ2v) is 3.08. The van der Waals surface area contributed by atoms with Gasteiger partial charge >= 0.3 is 5.97 Å². The van der Waals surface area contributed by atoms with Crippen LogP contribution >= 0.6 is 0 Å². The van der Waals surface area contributed by atoms with E-state index in [-0.39, 0.29) is 12.0 Å². The fourth-order valence-corrected chi connectivity index (χ4v) is 1.19. The fraction of sp³-hybridized carbons (Fsp3) is 0.333. The Morgan fingerprint density at radius 2 is 2.20 bits per heavy atom. The van der Waals surface area contributed by atoms with Gasteiger partial charge < -0.3 is 10.1 Å². The summed E-state index contributed by atoms with van der Waals surface area (Å²) in [5, 5.41) is 8.51. The van der Waals surface area contributed by atoms with Crippen LogP contribution in [-0.2, 0) is 11.2 Å². The summed E-state index contributed by atoms with van der Waals surface area (Å²) in [5.74, 6) is -1.13. The van der Waals surface area contributed by atoms with Gasteiger partial charge in [0, 0.05) is 5.69 Å². The Bertz CT molecular complexity index is 439. The average molecular weight is 217 g/mol. The first-order valence-corrected chi connectivity index (χ1v) is 4.14. The van der Waals surface area contributed by atoms with Crippen molar-refractivity contribution in [3.63, 3.8) is 0 Å². The lowest BCUT2D eigenvalue weighted by Gasteiger charge is -2.05. The van der Waals surface area contributed by atoms with E-state index in [9.17, 15) is 18.4 Å². The number of rotatable bonds is 3. The molecule has 0 fully saturated rings. The Balaban J connectivity index is 3.23. The number of alkyl halides is 2. The Labute approximate surface area is 83.6 Å². The minimum Gasteiger partial charge on any atom is -0.481 e. The highest BCUT2D eigenvalue weighted by molar-refractivity contribution is 5.70. The van der Waals surface area contributed by atoms with Gasteiger partial charge in [0.25, 0.3) is 12.0 Å². The van der Waals surface area contributed by atoms with E-state index < -0.39 is 23.5 Å². The second-order valence-electron chi connectivity index (χ2n) is 3.08. The topological polar surface area (TPSA) is 70.2 Å². The number of carboxylic acid groups (broad SMARTS) is 1. The zero-order valence-electron chi connectivity index (χ0n) is 7.88. The van der Waals surface area contributed by atoms with Crippen molar-refractivity contribution in [1.29, 1.82) is 0 Å². The molecule has 0 unspecified atom stereocenters. The van der Waals surface area contributed by atoms with Crippen LogP contribution in [0.5, 0.6) is 0 Å². The largest absolute Gasteiger partial charge is 0.481 e. The molecular formula is C9H9F2NO3. The Kier molecular flexibility index (Phi) is 3.18. The van der Waals surface area contributed by atoms with E-state index >= 15 is 0 Å². The van der Waals surface area contributed by atoms with Gasteiger partial charge in [0.05, 0.1) is 12.0 Å². The molecule has 0 spiro atoms. The van der Waals surface area contributed by atoms with Gasteiger partial charge in [0.15, 0.2) is 0 Å². The lowest BCUT2D eigenvalue weighted by molar-refractivity contribution is -0.136. The summed E-state index contributed by atoms with van der Waals surface area (Å²) in [4.78, 5) is 23.6. The molecule has 0 aliphatic rings. The molecule has 0 radical (unpaired) electrons. The van der Waals surface area contributed by atoms with E-state index in [1.54, 1.807) is 0 Å². The van der Waals surface area contributed by atoms with Crippen LogP contribution in [0.25, 0.3) is 0 Å². The smallest absolute Gasteiger partial charge is 0.307 e. The maximum atomic E-state index is 12.3. The molecule has 1 rings (SSSR count). The van der Waals surface area contributed by atoms with Crippen LogP contribution in [-0.4, -0.2) is 16.1 Å². The number of nitrogens with one attached hydrogen (secondary N) is 1. The second kappa shape index (κ2) is 4.20. The normalized spacial score (nSPS) is 10.7. The van der Waals surface area contributed by atoms with Crippen LogP contribution < -0.4 is 5.56 Å². The standard InChI is InChI=1S/C9H9F2NO3/c1-4-5(3-7(13)14)2-6(8(10)11)9(15)12-4/h2,8H,3H2,1H3,(H,12,15)(H,13,14). The highest BCUT2D eigenvalue weighted by Gasteiger charge is 2.15. The van der Waals surface area contributed by atoms with Gasteiger partial charge in [0.2, 0.25) is 0 Å². The van der Waals surface area contributed by atoms with Crippen molar-refractivity contribution >= 4 is 5.97 Å². The number of pyridine rings is 1. The number of hydrogen-bond donors (Lipinski definition) is 2. The van der Waals surface area contributed by atoms with Crippen LogP contribution in [0, 0.1) is 6.92 Å². The number of aryl methyl sites for hydroxylation is 1. The van der Waals surface area contributed by atoms with Crippen LogP contribution in [0.1, 0.15) is 23.2 Å². The van der Waals surface area contributed by atoms with Crippen molar-refractivity contribution in [2.75, 3.05) is 0 Å². The van der Waals surface area contributed by atoms with Crippen LogP contribution in [0.15, 0.2) is 10.9 Å². The van der Waals surface area contributed by atoms with Gasteiger partial charge in [-0.05, 0) is 18.6 Å². The minimum atomic E-state index is -2.90. The molecule has 1 aromatic heterocycles. The zero-order chi connectivity index (χ0) is 11.6. The number of carbonyl (C=O) groups is 1. The maximum Gasteiger partial charge on any atom is 0.307 e. The van der Waals surface area contributed by atoms with Crippen molar-refractivity contribution < 1.29 is 18.7 Å².